The first-order chi connectivity index (χ1) is 11.0. The Kier molecular flexibility index (Phi) is 4.52. The summed E-state index contributed by atoms with van der Waals surface area (Å²) in [6.45, 7) is 6.67. The molecule has 2 aromatic heterocycles. The maximum atomic E-state index is 5.53. The number of hydrogen-bond donors (Lipinski definition) is 0. The van der Waals surface area contributed by atoms with Gasteiger partial charge in [-0.3, -0.25) is 0 Å². The molecule has 120 valence electrons. The number of aromatic nitrogens is 3. The molecular weight excluding hydrogens is 308 g/mol. The summed E-state index contributed by atoms with van der Waals surface area (Å²) in [6.07, 6.45) is 0. The fourth-order valence-corrected chi connectivity index (χ4v) is 3.25. The minimum Gasteiger partial charge on any atom is -0.422 e. The van der Waals surface area contributed by atoms with Crippen molar-refractivity contribution in [1.29, 1.82) is 0 Å². The Hall–Kier alpha value is -2.08. The van der Waals surface area contributed by atoms with E-state index in [1.54, 1.807) is 0 Å². The van der Waals surface area contributed by atoms with Crippen LogP contribution in [0.25, 0.3) is 11.2 Å². The van der Waals surface area contributed by atoms with Gasteiger partial charge in [0.05, 0.1) is 0 Å². The summed E-state index contributed by atoms with van der Waals surface area (Å²) in [6, 6.07) is 8.60. The number of anilines is 1. The van der Waals surface area contributed by atoms with E-state index in [1.165, 1.54) is 10.5 Å². The lowest BCUT2D eigenvalue weighted by molar-refractivity contribution is 0.550. The molecule has 0 saturated carbocycles. The predicted octanol–water partition coefficient (Wildman–Crippen LogP) is 3.77. The summed E-state index contributed by atoms with van der Waals surface area (Å²) < 4.78 is 5.53. The van der Waals surface area contributed by atoms with Crippen LogP contribution in [-0.2, 0) is 0 Å². The van der Waals surface area contributed by atoms with E-state index in [9.17, 15) is 0 Å². The topological polar surface area (TPSA) is 55.1 Å². The Morgan fingerprint density at radius 2 is 1.78 bits per heavy atom. The van der Waals surface area contributed by atoms with Crippen LogP contribution in [0.3, 0.4) is 0 Å². The number of rotatable bonds is 5. The first-order valence-corrected chi connectivity index (χ1v) is 8.54. The minimum absolute atomic E-state index is 0.558. The summed E-state index contributed by atoms with van der Waals surface area (Å²) in [4.78, 5) is 16.6. The van der Waals surface area contributed by atoms with E-state index in [-0.39, 0.29) is 0 Å². The zero-order chi connectivity index (χ0) is 16.4. The molecule has 0 spiro atoms. The molecule has 0 radical (unpaired) electrons. The molecule has 0 amide bonds. The fraction of sp³-hybridized carbons (Fsp3) is 0.353. The van der Waals surface area contributed by atoms with Gasteiger partial charge in [0.2, 0.25) is 0 Å². The van der Waals surface area contributed by atoms with Gasteiger partial charge in [-0.25, -0.2) is 9.97 Å². The third-order valence-corrected chi connectivity index (χ3v) is 4.53. The van der Waals surface area contributed by atoms with E-state index in [0.29, 0.717) is 17.4 Å². The number of oxazole rings is 1. The molecular formula is C17H20N4OS. The lowest BCUT2D eigenvalue weighted by Gasteiger charge is -2.18. The summed E-state index contributed by atoms with van der Waals surface area (Å²) in [5.74, 6) is 3.11. The molecule has 6 heteroatoms. The maximum absolute atomic E-state index is 5.53. The van der Waals surface area contributed by atoms with Crippen molar-refractivity contribution in [3.63, 3.8) is 0 Å². The number of thioether (sulfide) groups is 1. The highest BCUT2D eigenvalue weighted by molar-refractivity contribution is 7.99. The summed E-state index contributed by atoms with van der Waals surface area (Å²) in [5.41, 5.74) is 2.57. The van der Waals surface area contributed by atoms with Crippen LogP contribution in [0.4, 0.5) is 5.82 Å². The molecule has 0 bridgehead atoms. The van der Waals surface area contributed by atoms with Gasteiger partial charge in [0.1, 0.15) is 5.82 Å². The second-order valence-corrected chi connectivity index (χ2v) is 6.73. The van der Waals surface area contributed by atoms with Crippen LogP contribution in [0.15, 0.2) is 33.6 Å². The molecule has 0 aliphatic heterocycles. The molecule has 2 heterocycles. The second-order valence-electron chi connectivity index (χ2n) is 5.56. The Labute approximate surface area is 140 Å². The minimum atomic E-state index is 0.558. The zero-order valence-corrected chi connectivity index (χ0v) is 14.6. The van der Waals surface area contributed by atoms with Crippen molar-refractivity contribution in [3.8, 4) is 0 Å². The number of hydrogen-bond acceptors (Lipinski definition) is 6. The highest BCUT2D eigenvalue weighted by atomic mass is 32.2. The summed E-state index contributed by atoms with van der Waals surface area (Å²) in [5, 5.41) is 0. The SMILES string of the molecule is Cc1ccc(SCCN(C)c2nc(C)nc3oc(C)nc23)cc1. The molecule has 0 unspecified atom stereocenters. The van der Waals surface area contributed by atoms with Gasteiger partial charge in [0.15, 0.2) is 17.2 Å². The van der Waals surface area contributed by atoms with E-state index in [0.717, 1.165) is 23.6 Å². The second kappa shape index (κ2) is 6.58. The summed E-state index contributed by atoms with van der Waals surface area (Å²) >= 11 is 1.84. The van der Waals surface area contributed by atoms with Gasteiger partial charge in [-0.05, 0) is 26.0 Å². The lowest BCUT2D eigenvalue weighted by atomic mass is 10.2. The largest absolute Gasteiger partial charge is 0.422 e. The van der Waals surface area contributed by atoms with Crippen LogP contribution in [0.1, 0.15) is 17.3 Å². The monoisotopic (exact) mass is 328 g/mol. The molecule has 1 aromatic carbocycles. The van der Waals surface area contributed by atoms with E-state index >= 15 is 0 Å². The van der Waals surface area contributed by atoms with Crippen LogP contribution in [0.2, 0.25) is 0 Å². The molecule has 0 atom stereocenters. The highest BCUT2D eigenvalue weighted by Crippen LogP contribution is 2.24. The number of nitrogens with zero attached hydrogens (tertiary/aromatic N) is 4. The van der Waals surface area contributed by atoms with Crippen LogP contribution in [0, 0.1) is 20.8 Å². The predicted molar refractivity (Wildman–Crippen MR) is 94.2 cm³/mol. The van der Waals surface area contributed by atoms with Gasteiger partial charge < -0.3 is 9.32 Å². The average molecular weight is 328 g/mol. The molecule has 5 nitrogen and oxygen atoms in total. The Morgan fingerprint density at radius 1 is 1.04 bits per heavy atom. The van der Waals surface area contributed by atoms with Gasteiger partial charge >= 0.3 is 0 Å². The Bertz CT molecular complexity index is 813. The van der Waals surface area contributed by atoms with Gasteiger partial charge in [-0.2, -0.15) is 4.98 Å². The van der Waals surface area contributed by atoms with Gasteiger partial charge in [0.25, 0.3) is 5.71 Å². The van der Waals surface area contributed by atoms with E-state index in [2.05, 4.69) is 51.0 Å². The van der Waals surface area contributed by atoms with Crippen LogP contribution < -0.4 is 4.90 Å². The Balaban J connectivity index is 1.70. The Morgan fingerprint density at radius 3 is 2.52 bits per heavy atom. The molecule has 0 aliphatic rings. The van der Waals surface area contributed by atoms with Crippen LogP contribution in [0.5, 0.6) is 0 Å². The standard InChI is InChI=1S/C17H20N4OS/c1-11-5-7-14(8-6-11)23-10-9-21(4)16-15-17(19-12(2)18-16)22-13(3)20-15/h5-8H,9-10H2,1-4H3. The quantitative estimate of drug-likeness (QED) is 0.665. The van der Waals surface area contributed by atoms with E-state index < -0.39 is 0 Å². The smallest absolute Gasteiger partial charge is 0.252 e. The van der Waals surface area contributed by atoms with Crippen molar-refractivity contribution in [3.05, 3.63) is 41.5 Å². The first-order valence-electron chi connectivity index (χ1n) is 7.55. The zero-order valence-electron chi connectivity index (χ0n) is 13.8. The lowest BCUT2D eigenvalue weighted by Crippen LogP contribution is -2.22. The van der Waals surface area contributed by atoms with Crippen LogP contribution >= 0.6 is 11.8 Å². The fourth-order valence-electron chi connectivity index (χ4n) is 2.32. The van der Waals surface area contributed by atoms with Crippen molar-refractivity contribution in [2.45, 2.75) is 25.7 Å². The first kappa shape index (κ1) is 15.8. The normalized spacial score (nSPS) is 11.1. The molecule has 0 saturated heterocycles. The van der Waals surface area contributed by atoms with Gasteiger partial charge in [0, 0.05) is 31.2 Å². The third kappa shape index (κ3) is 3.64. The molecule has 0 fully saturated rings. The van der Waals surface area contributed by atoms with Crippen LogP contribution in [-0.4, -0.2) is 34.3 Å². The third-order valence-electron chi connectivity index (χ3n) is 3.54. The van der Waals surface area contributed by atoms with Crippen molar-refractivity contribution in [1.82, 2.24) is 15.0 Å². The summed E-state index contributed by atoms with van der Waals surface area (Å²) in [7, 11) is 2.03. The molecule has 0 aliphatic carbocycles. The molecule has 0 N–H and O–H groups in total. The average Bonchev–Trinajstić information content (AvgIpc) is 2.88. The molecule has 23 heavy (non-hydrogen) atoms. The van der Waals surface area contributed by atoms with Crippen molar-refractivity contribution in [2.75, 3.05) is 24.2 Å². The van der Waals surface area contributed by atoms with E-state index in [4.69, 9.17) is 4.42 Å². The maximum Gasteiger partial charge on any atom is 0.252 e. The van der Waals surface area contributed by atoms with E-state index in [1.807, 2.05) is 32.7 Å². The number of fused-ring (bicyclic) bond motifs is 1. The molecule has 3 rings (SSSR count). The van der Waals surface area contributed by atoms with Crippen molar-refractivity contribution >= 4 is 28.8 Å². The van der Waals surface area contributed by atoms with Crippen molar-refractivity contribution in [2.24, 2.45) is 0 Å². The molecule has 3 aromatic rings. The van der Waals surface area contributed by atoms with Crippen molar-refractivity contribution < 1.29 is 4.42 Å². The van der Waals surface area contributed by atoms with Gasteiger partial charge in [-0.1, -0.05) is 17.7 Å². The highest BCUT2D eigenvalue weighted by Gasteiger charge is 2.15. The number of benzene rings is 1. The van der Waals surface area contributed by atoms with Gasteiger partial charge in [-0.15, -0.1) is 11.8 Å². The number of aryl methyl sites for hydroxylation is 3.